The molecule has 5 nitrogen and oxygen atoms in total. The second-order valence-corrected chi connectivity index (χ2v) is 7.30. The molecule has 2 N–H and O–H groups in total. The highest BCUT2D eigenvalue weighted by Gasteiger charge is 2.28. The zero-order valence-corrected chi connectivity index (χ0v) is 13.6. The Kier molecular flexibility index (Phi) is 6.60. The normalized spacial score (nSPS) is 13.2. The van der Waals surface area contributed by atoms with E-state index >= 15 is 0 Å². The van der Waals surface area contributed by atoms with Crippen molar-refractivity contribution < 1.29 is 18.3 Å². The van der Waals surface area contributed by atoms with E-state index < -0.39 is 22.0 Å². The molecule has 0 radical (unpaired) electrons. The van der Waals surface area contributed by atoms with Crippen molar-refractivity contribution in [3.05, 3.63) is 28.2 Å². The van der Waals surface area contributed by atoms with E-state index in [1.54, 1.807) is 6.26 Å². The van der Waals surface area contributed by atoms with Crippen LogP contribution in [0.2, 0.25) is 10.0 Å². The van der Waals surface area contributed by atoms with Gasteiger partial charge in [0, 0.05) is 0 Å². The molecule has 1 aromatic carbocycles. The van der Waals surface area contributed by atoms with E-state index in [4.69, 9.17) is 28.3 Å². The lowest BCUT2D eigenvalue weighted by molar-refractivity contribution is -0.139. The van der Waals surface area contributed by atoms with Gasteiger partial charge in [-0.3, -0.25) is 4.79 Å². The molecule has 1 aromatic rings. The Balaban J connectivity index is 3.07. The topological polar surface area (TPSA) is 83.5 Å². The summed E-state index contributed by atoms with van der Waals surface area (Å²) < 4.78 is 26.5. The molecule has 0 aliphatic carbocycles. The van der Waals surface area contributed by atoms with Gasteiger partial charge in [0.25, 0.3) is 0 Å². The molecule has 0 heterocycles. The number of sulfonamides is 1. The lowest BCUT2D eigenvalue weighted by Gasteiger charge is -2.15. The number of hydrogen-bond donors (Lipinski definition) is 2. The summed E-state index contributed by atoms with van der Waals surface area (Å²) in [6.45, 7) is 0. The van der Waals surface area contributed by atoms with Crippen molar-refractivity contribution in [1.82, 2.24) is 4.72 Å². The number of halogens is 2. The molecule has 1 rings (SSSR count). The van der Waals surface area contributed by atoms with Crippen LogP contribution in [0, 0.1) is 0 Å². The fourth-order valence-electron chi connectivity index (χ4n) is 1.45. The fraction of sp³-hybridized carbons (Fsp3) is 0.364. The number of hydrogen-bond acceptors (Lipinski definition) is 4. The molecule has 0 aliphatic rings. The van der Waals surface area contributed by atoms with Crippen LogP contribution in [-0.4, -0.2) is 37.5 Å². The molecule has 112 valence electrons. The zero-order chi connectivity index (χ0) is 15.3. The van der Waals surface area contributed by atoms with E-state index in [-0.39, 0.29) is 21.4 Å². The number of carbonyl (C=O) groups is 1. The van der Waals surface area contributed by atoms with Crippen LogP contribution < -0.4 is 4.72 Å². The lowest BCUT2D eigenvalue weighted by atomic mass is 10.2. The van der Waals surface area contributed by atoms with Gasteiger partial charge in [-0.2, -0.15) is 16.5 Å². The zero-order valence-electron chi connectivity index (χ0n) is 10.5. The largest absolute Gasteiger partial charge is 0.480 e. The van der Waals surface area contributed by atoms with Crippen LogP contribution in [0.1, 0.15) is 6.42 Å². The van der Waals surface area contributed by atoms with E-state index in [1.807, 2.05) is 0 Å². The highest BCUT2D eigenvalue weighted by atomic mass is 35.5. The third kappa shape index (κ3) is 4.53. The maximum atomic E-state index is 12.2. The Morgan fingerprint density at radius 3 is 2.40 bits per heavy atom. The van der Waals surface area contributed by atoms with Crippen LogP contribution in [0.3, 0.4) is 0 Å². The molecule has 0 amide bonds. The minimum atomic E-state index is -4.10. The van der Waals surface area contributed by atoms with Crippen LogP contribution in [-0.2, 0) is 14.8 Å². The first-order valence-electron chi connectivity index (χ1n) is 5.47. The summed E-state index contributed by atoms with van der Waals surface area (Å²) in [5.74, 6) is -0.735. The summed E-state index contributed by atoms with van der Waals surface area (Å²) in [5.41, 5.74) is 0. The molecule has 0 aromatic heterocycles. The fourth-order valence-corrected chi connectivity index (χ4v) is 4.29. The third-order valence-corrected chi connectivity index (χ3v) is 5.46. The molecule has 1 atom stereocenters. The summed E-state index contributed by atoms with van der Waals surface area (Å²) >= 11 is 13.1. The van der Waals surface area contributed by atoms with Crippen LogP contribution >= 0.6 is 35.0 Å². The van der Waals surface area contributed by atoms with Crippen molar-refractivity contribution in [2.24, 2.45) is 0 Å². The maximum absolute atomic E-state index is 12.2. The SMILES string of the molecule is CSCC[C@@H](NS(=O)(=O)c1c(Cl)cccc1Cl)C(=O)O. The van der Waals surface area contributed by atoms with Gasteiger partial charge in [-0.25, -0.2) is 8.42 Å². The number of carboxylic acid groups (broad SMARTS) is 1. The first kappa shape index (κ1) is 17.6. The number of rotatable bonds is 7. The van der Waals surface area contributed by atoms with E-state index in [1.165, 1.54) is 30.0 Å². The standard InChI is InChI=1S/C11H13Cl2NO4S2/c1-19-6-5-9(11(15)16)14-20(17,18)10-7(12)3-2-4-8(10)13/h2-4,9,14H,5-6H2,1H3,(H,15,16)/t9-/m1/s1. The predicted molar refractivity (Wildman–Crippen MR) is 81.2 cm³/mol. The summed E-state index contributed by atoms with van der Waals surface area (Å²) in [7, 11) is -4.10. The number of thioether (sulfide) groups is 1. The van der Waals surface area contributed by atoms with E-state index in [2.05, 4.69) is 4.72 Å². The van der Waals surface area contributed by atoms with Gasteiger partial charge in [-0.1, -0.05) is 29.3 Å². The molecule has 0 aliphatic heterocycles. The molecule has 9 heteroatoms. The Bertz CT molecular complexity index is 572. The first-order chi connectivity index (χ1) is 9.29. The second-order valence-electron chi connectivity index (χ2n) is 3.84. The van der Waals surface area contributed by atoms with Crippen molar-refractivity contribution >= 4 is 51.0 Å². The van der Waals surface area contributed by atoms with Crippen LogP contribution in [0.4, 0.5) is 0 Å². The number of aliphatic carboxylic acids is 1. The number of benzene rings is 1. The molecular formula is C11H13Cl2NO4S2. The Hall–Kier alpha value is -0.470. The average Bonchev–Trinajstić information content (AvgIpc) is 2.33. The minimum Gasteiger partial charge on any atom is -0.480 e. The van der Waals surface area contributed by atoms with Gasteiger partial charge >= 0.3 is 5.97 Å². The summed E-state index contributed by atoms with van der Waals surface area (Å²) in [6.07, 6.45) is 1.97. The van der Waals surface area contributed by atoms with Crippen molar-refractivity contribution in [2.75, 3.05) is 12.0 Å². The van der Waals surface area contributed by atoms with E-state index in [9.17, 15) is 13.2 Å². The van der Waals surface area contributed by atoms with Gasteiger partial charge in [0.1, 0.15) is 10.9 Å². The van der Waals surface area contributed by atoms with Gasteiger partial charge < -0.3 is 5.11 Å². The molecule has 0 unspecified atom stereocenters. The maximum Gasteiger partial charge on any atom is 0.321 e. The third-order valence-electron chi connectivity index (χ3n) is 2.39. The van der Waals surface area contributed by atoms with Crippen molar-refractivity contribution in [1.29, 1.82) is 0 Å². The van der Waals surface area contributed by atoms with Crippen LogP contribution in [0.15, 0.2) is 23.1 Å². The molecule has 0 saturated carbocycles. The van der Waals surface area contributed by atoms with Gasteiger partial charge in [-0.05, 0) is 30.6 Å². The molecule has 0 saturated heterocycles. The second kappa shape index (κ2) is 7.51. The molecule has 0 spiro atoms. The quantitative estimate of drug-likeness (QED) is 0.782. The van der Waals surface area contributed by atoms with Gasteiger partial charge in [-0.15, -0.1) is 0 Å². The predicted octanol–water partition coefficient (Wildman–Crippen LogP) is 2.48. The van der Waals surface area contributed by atoms with Crippen LogP contribution in [0.25, 0.3) is 0 Å². The average molecular weight is 358 g/mol. The summed E-state index contributed by atoms with van der Waals surface area (Å²) in [5, 5.41) is 8.93. The molecule has 0 fully saturated rings. The van der Waals surface area contributed by atoms with Gasteiger partial charge in [0.2, 0.25) is 10.0 Å². The Morgan fingerprint density at radius 2 is 1.95 bits per heavy atom. The highest BCUT2D eigenvalue weighted by molar-refractivity contribution is 7.98. The smallest absolute Gasteiger partial charge is 0.321 e. The van der Waals surface area contributed by atoms with Gasteiger partial charge in [0.15, 0.2) is 0 Å². The van der Waals surface area contributed by atoms with Crippen molar-refractivity contribution in [3.63, 3.8) is 0 Å². The minimum absolute atomic E-state index is 0.0565. The monoisotopic (exact) mass is 357 g/mol. The van der Waals surface area contributed by atoms with Crippen molar-refractivity contribution in [2.45, 2.75) is 17.4 Å². The molecule has 20 heavy (non-hydrogen) atoms. The number of nitrogens with one attached hydrogen (secondary N) is 1. The van der Waals surface area contributed by atoms with Crippen molar-refractivity contribution in [3.8, 4) is 0 Å². The highest BCUT2D eigenvalue weighted by Crippen LogP contribution is 2.29. The Labute approximate surface area is 131 Å². The first-order valence-corrected chi connectivity index (χ1v) is 9.11. The number of carboxylic acids is 1. The molecule has 0 bridgehead atoms. The molecular weight excluding hydrogens is 345 g/mol. The lowest BCUT2D eigenvalue weighted by Crippen LogP contribution is -2.41. The summed E-state index contributed by atoms with van der Waals surface area (Å²) in [4.78, 5) is 10.8. The van der Waals surface area contributed by atoms with E-state index in [0.717, 1.165) is 0 Å². The van der Waals surface area contributed by atoms with E-state index in [0.29, 0.717) is 5.75 Å². The van der Waals surface area contributed by atoms with Crippen LogP contribution in [0.5, 0.6) is 0 Å². The van der Waals surface area contributed by atoms with Gasteiger partial charge in [0.05, 0.1) is 10.0 Å². The summed E-state index contributed by atoms with van der Waals surface area (Å²) in [6, 6.07) is 3.03. The Morgan fingerprint density at radius 1 is 1.40 bits per heavy atom.